The lowest BCUT2D eigenvalue weighted by Crippen LogP contribution is -2.34. The molecule has 1 atom stereocenters. The number of amides is 2. The summed E-state index contributed by atoms with van der Waals surface area (Å²) in [6.07, 6.45) is 1.46. The molecule has 0 spiro atoms. The molecule has 0 aromatic carbocycles. The Bertz CT molecular complexity index is 578. The maximum absolute atomic E-state index is 12.0. The molecule has 0 N–H and O–H groups in total. The van der Waals surface area contributed by atoms with Gasteiger partial charge in [0.2, 0.25) is 11.1 Å². The monoisotopic (exact) mass is 359 g/mol. The Morgan fingerprint density at radius 1 is 1.39 bits per heavy atom. The summed E-state index contributed by atoms with van der Waals surface area (Å²) >= 11 is 2.40. The average Bonchev–Trinajstić information content (AvgIpc) is 2.89. The molecule has 0 bridgehead atoms. The van der Waals surface area contributed by atoms with Gasteiger partial charge < -0.3 is 0 Å². The Labute approximate surface area is 144 Å². The molecule has 1 unspecified atom stereocenters. The highest BCUT2D eigenvalue weighted by molar-refractivity contribution is 8.16. The second-order valence-electron chi connectivity index (χ2n) is 6.30. The van der Waals surface area contributed by atoms with Crippen LogP contribution < -0.4 is 0 Å². The van der Waals surface area contributed by atoms with Gasteiger partial charge in [-0.3, -0.25) is 23.6 Å². The minimum Gasteiger partial charge on any atom is -0.298 e. The molecule has 1 aliphatic carbocycles. The van der Waals surface area contributed by atoms with Crippen molar-refractivity contribution in [2.24, 2.45) is 5.16 Å². The van der Waals surface area contributed by atoms with Crippen molar-refractivity contribution in [3.05, 3.63) is 0 Å². The molecule has 23 heavy (non-hydrogen) atoms. The molecule has 0 aromatic heterocycles. The third-order valence-corrected chi connectivity index (χ3v) is 6.37. The van der Waals surface area contributed by atoms with Crippen molar-refractivity contribution in [1.82, 2.24) is 9.21 Å². The minimum atomic E-state index is -0.672. The van der Waals surface area contributed by atoms with E-state index in [9.17, 15) is 14.4 Å². The molecule has 0 aromatic rings. The van der Waals surface area contributed by atoms with Gasteiger partial charge in [0.05, 0.1) is 9.49 Å². The summed E-state index contributed by atoms with van der Waals surface area (Å²) in [5, 5.41) is 4.13. The highest BCUT2D eigenvalue weighted by Crippen LogP contribution is 2.40. The zero-order chi connectivity index (χ0) is 17.4. The maximum Gasteiger partial charge on any atom is 0.445 e. The van der Waals surface area contributed by atoms with Gasteiger partial charge >= 0.3 is 6.09 Å². The standard InChI is InChI=1S/C14H21N3O4S2/c1-13(2)10(19)16(4)11(22-13)15-21-12(20)17(5)23-14(3)8-6-7-9(14)18/h6-8H2,1-5H3. The zero-order valence-corrected chi connectivity index (χ0v) is 15.5. The Morgan fingerprint density at radius 3 is 2.52 bits per heavy atom. The lowest BCUT2D eigenvalue weighted by Gasteiger charge is -2.25. The fraction of sp³-hybridized carbons (Fsp3) is 0.714. The molecule has 1 saturated carbocycles. The van der Waals surface area contributed by atoms with Crippen molar-refractivity contribution in [2.45, 2.75) is 49.5 Å². The summed E-state index contributed by atoms with van der Waals surface area (Å²) < 4.78 is 0.0714. The van der Waals surface area contributed by atoms with E-state index in [-0.39, 0.29) is 11.7 Å². The molecule has 1 aliphatic heterocycles. The molecular formula is C14H21N3O4S2. The fourth-order valence-electron chi connectivity index (χ4n) is 2.47. The third-order valence-electron chi connectivity index (χ3n) is 3.90. The predicted octanol–water partition coefficient (Wildman–Crippen LogP) is 2.47. The van der Waals surface area contributed by atoms with Gasteiger partial charge in [0.15, 0.2) is 0 Å². The number of ketones is 1. The number of hydrogen-bond acceptors (Lipinski definition) is 7. The second kappa shape index (κ2) is 6.35. The molecular weight excluding hydrogens is 338 g/mol. The predicted molar refractivity (Wildman–Crippen MR) is 91.0 cm³/mol. The van der Waals surface area contributed by atoms with Crippen LogP contribution in [0.5, 0.6) is 0 Å². The van der Waals surface area contributed by atoms with Crippen LogP contribution in [-0.4, -0.2) is 55.7 Å². The Hall–Kier alpha value is -1.22. The van der Waals surface area contributed by atoms with E-state index in [0.29, 0.717) is 11.6 Å². The molecule has 1 heterocycles. The van der Waals surface area contributed by atoms with Gasteiger partial charge in [0, 0.05) is 20.5 Å². The molecule has 2 aliphatic rings. The number of Topliss-reactive ketones (excluding diaryl/α,β-unsaturated/α-hetero) is 1. The van der Waals surface area contributed by atoms with E-state index in [2.05, 4.69) is 5.16 Å². The zero-order valence-electron chi connectivity index (χ0n) is 13.9. The van der Waals surface area contributed by atoms with Crippen molar-refractivity contribution >= 4 is 46.7 Å². The first kappa shape index (κ1) is 18.1. The number of amidine groups is 1. The van der Waals surface area contributed by atoms with E-state index in [0.717, 1.165) is 24.8 Å². The van der Waals surface area contributed by atoms with Crippen LogP contribution in [0.2, 0.25) is 0 Å². The summed E-state index contributed by atoms with van der Waals surface area (Å²) in [5.74, 6) is 0.0518. The van der Waals surface area contributed by atoms with E-state index in [1.165, 1.54) is 21.0 Å². The number of rotatable bonds is 3. The third kappa shape index (κ3) is 3.65. The quantitative estimate of drug-likeness (QED) is 0.437. The largest absolute Gasteiger partial charge is 0.445 e. The van der Waals surface area contributed by atoms with Gasteiger partial charge in [0.1, 0.15) is 5.78 Å². The summed E-state index contributed by atoms with van der Waals surface area (Å²) in [6, 6.07) is 0. The first-order valence-corrected chi connectivity index (χ1v) is 8.88. The Kier molecular flexibility index (Phi) is 5.00. The fourth-order valence-corrected chi connectivity index (χ4v) is 4.60. The number of oxime groups is 1. The number of nitrogens with zero attached hydrogens (tertiary/aromatic N) is 3. The van der Waals surface area contributed by atoms with Crippen molar-refractivity contribution in [2.75, 3.05) is 14.1 Å². The summed E-state index contributed by atoms with van der Waals surface area (Å²) in [6.45, 7) is 5.41. The van der Waals surface area contributed by atoms with Gasteiger partial charge in [-0.05, 0) is 50.7 Å². The molecule has 0 radical (unpaired) electrons. The van der Waals surface area contributed by atoms with Gasteiger partial charge in [-0.25, -0.2) is 4.79 Å². The minimum absolute atomic E-state index is 0.0934. The van der Waals surface area contributed by atoms with Gasteiger partial charge in [-0.15, -0.1) is 0 Å². The molecule has 1 saturated heterocycles. The van der Waals surface area contributed by atoms with Crippen molar-refractivity contribution in [1.29, 1.82) is 0 Å². The highest BCUT2D eigenvalue weighted by atomic mass is 32.2. The second-order valence-corrected chi connectivity index (χ2v) is 9.53. The van der Waals surface area contributed by atoms with Crippen LogP contribution in [0.25, 0.3) is 0 Å². The molecule has 2 rings (SSSR count). The van der Waals surface area contributed by atoms with E-state index < -0.39 is 15.6 Å². The van der Waals surface area contributed by atoms with E-state index in [4.69, 9.17) is 4.84 Å². The van der Waals surface area contributed by atoms with Gasteiger partial charge in [-0.2, -0.15) is 0 Å². The molecule has 9 heteroatoms. The van der Waals surface area contributed by atoms with Crippen molar-refractivity contribution < 1.29 is 19.2 Å². The molecule has 128 valence electrons. The van der Waals surface area contributed by atoms with Crippen LogP contribution >= 0.6 is 23.7 Å². The highest BCUT2D eigenvalue weighted by Gasteiger charge is 2.43. The van der Waals surface area contributed by atoms with Crippen molar-refractivity contribution in [3.63, 3.8) is 0 Å². The molecule has 2 amide bonds. The van der Waals surface area contributed by atoms with Crippen LogP contribution in [0.15, 0.2) is 5.16 Å². The maximum atomic E-state index is 12.0. The van der Waals surface area contributed by atoms with Crippen LogP contribution in [0, 0.1) is 0 Å². The SMILES string of the molecule is CN(SC1(C)CCCC1=O)C(=O)ON=C1SC(C)(C)C(=O)N1C. The number of hydrogen-bond donors (Lipinski definition) is 0. The smallest absolute Gasteiger partial charge is 0.298 e. The lowest BCUT2D eigenvalue weighted by atomic mass is 10.1. The van der Waals surface area contributed by atoms with E-state index >= 15 is 0 Å². The molecule has 2 fully saturated rings. The van der Waals surface area contributed by atoms with Crippen LogP contribution in [0.3, 0.4) is 0 Å². The topological polar surface area (TPSA) is 79.3 Å². The summed E-state index contributed by atoms with van der Waals surface area (Å²) in [4.78, 5) is 42.2. The first-order chi connectivity index (χ1) is 10.6. The Morgan fingerprint density at radius 2 is 2.04 bits per heavy atom. The van der Waals surface area contributed by atoms with Gasteiger partial charge in [0.25, 0.3) is 0 Å². The average molecular weight is 359 g/mol. The van der Waals surface area contributed by atoms with Crippen LogP contribution in [0.4, 0.5) is 4.79 Å². The Balaban J connectivity index is 1.96. The van der Waals surface area contributed by atoms with E-state index in [1.807, 2.05) is 6.92 Å². The first-order valence-electron chi connectivity index (χ1n) is 7.29. The lowest BCUT2D eigenvalue weighted by molar-refractivity contribution is -0.127. The number of carbonyl (C=O) groups is 3. The summed E-state index contributed by atoms with van der Waals surface area (Å²) in [7, 11) is 3.14. The van der Waals surface area contributed by atoms with E-state index in [1.54, 1.807) is 27.9 Å². The van der Waals surface area contributed by atoms with Gasteiger partial charge in [-0.1, -0.05) is 11.8 Å². The van der Waals surface area contributed by atoms with Crippen molar-refractivity contribution in [3.8, 4) is 0 Å². The van der Waals surface area contributed by atoms with Crippen LogP contribution in [0.1, 0.15) is 40.0 Å². The number of thioether (sulfide) groups is 1. The van der Waals surface area contributed by atoms with Crippen LogP contribution in [-0.2, 0) is 14.4 Å². The summed E-state index contributed by atoms with van der Waals surface area (Å²) in [5.41, 5.74) is 0. The normalized spacial score (nSPS) is 28.6. The number of carbonyl (C=O) groups excluding carboxylic acids is 3. The molecule has 7 nitrogen and oxygen atoms in total.